The summed E-state index contributed by atoms with van der Waals surface area (Å²) in [5.74, 6) is 1.35. The molecule has 0 saturated heterocycles. The van der Waals surface area contributed by atoms with E-state index in [9.17, 15) is 4.79 Å². The Bertz CT molecular complexity index is 926. The van der Waals surface area contributed by atoms with Gasteiger partial charge in [0.15, 0.2) is 5.65 Å². The van der Waals surface area contributed by atoms with E-state index in [0.29, 0.717) is 17.1 Å². The van der Waals surface area contributed by atoms with Crippen LogP contribution in [0.1, 0.15) is 23.2 Å². The standard InChI is InChI=1S/C19H20N4O2/c1-23-18-16(11-21-23)15(19(24)20-10-12-3-4-12)9-17(22-18)13-5-7-14(25-2)8-6-13/h5-9,11-12H,3-4,10H2,1-2H3,(H,20,24). The van der Waals surface area contributed by atoms with Gasteiger partial charge in [0.05, 0.1) is 30.0 Å². The fraction of sp³-hybridized carbons (Fsp3) is 0.316. The van der Waals surface area contributed by atoms with E-state index in [4.69, 9.17) is 9.72 Å². The zero-order chi connectivity index (χ0) is 17.4. The summed E-state index contributed by atoms with van der Waals surface area (Å²) in [6.07, 6.45) is 4.11. The first-order valence-corrected chi connectivity index (χ1v) is 8.41. The highest BCUT2D eigenvalue weighted by Crippen LogP contribution is 2.29. The molecule has 1 aliphatic carbocycles. The Morgan fingerprint density at radius 1 is 1.32 bits per heavy atom. The highest BCUT2D eigenvalue weighted by atomic mass is 16.5. The SMILES string of the molecule is COc1ccc(-c2cc(C(=O)NCC3CC3)c3cnn(C)c3n2)cc1. The van der Waals surface area contributed by atoms with Crippen LogP contribution in [0.25, 0.3) is 22.3 Å². The lowest BCUT2D eigenvalue weighted by Crippen LogP contribution is -2.25. The number of carbonyl (C=O) groups excluding carboxylic acids is 1. The summed E-state index contributed by atoms with van der Waals surface area (Å²) in [6, 6.07) is 9.49. The number of rotatable bonds is 5. The van der Waals surface area contributed by atoms with Gasteiger partial charge < -0.3 is 10.1 Å². The van der Waals surface area contributed by atoms with Crippen molar-refractivity contribution in [3.8, 4) is 17.0 Å². The van der Waals surface area contributed by atoms with Crippen molar-refractivity contribution in [3.63, 3.8) is 0 Å². The third-order valence-corrected chi connectivity index (χ3v) is 4.58. The number of amides is 1. The Morgan fingerprint density at radius 2 is 2.08 bits per heavy atom. The van der Waals surface area contributed by atoms with Gasteiger partial charge in [0.25, 0.3) is 5.91 Å². The largest absolute Gasteiger partial charge is 0.497 e. The summed E-state index contributed by atoms with van der Waals surface area (Å²) in [6.45, 7) is 0.737. The molecule has 128 valence electrons. The third kappa shape index (κ3) is 3.07. The third-order valence-electron chi connectivity index (χ3n) is 4.58. The first kappa shape index (κ1) is 15.6. The number of hydrogen-bond donors (Lipinski definition) is 1. The van der Waals surface area contributed by atoms with Gasteiger partial charge in [-0.25, -0.2) is 4.98 Å². The minimum absolute atomic E-state index is 0.0675. The average molecular weight is 336 g/mol. The maximum Gasteiger partial charge on any atom is 0.252 e. The van der Waals surface area contributed by atoms with Crippen molar-refractivity contribution < 1.29 is 9.53 Å². The maximum absolute atomic E-state index is 12.7. The van der Waals surface area contributed by atoms with Crippen LogP contribution in [0.2, 0.25) is 0 Å². The normalized spacial score (nSPS) is 13.8. The van der Waals surface area contributed by atoms with Crippen molar-refractivity contribution in [2.24, 2.45) is 13.0 Å². The number of carbonyl (C=O) groups is 1. The van der Waals surface area contributed by atoms with E-state index in [2.05, 4.69) is 10.4 Å². The number of aryl methyl sites for hydroxylation is 1. The molecule has 25 heavy (non-hydrogen) atoms. The molecular weight excluding hydrogens is 316 g/mol. The molecule has 6 nitrogen and oxygen atoms in total. The zero-order valence-electron chi connectivity index (χ0n) is 14.3. The Morgan fingerprint density at radius 3 is 2.76 bits per heavy atom. The Balaban J connectivity index is 1.75. The molecule has 1 N–H and O–H groups in total. The molecule has 0 bridgehead atoms. The van der Waals surface area contributed by atoms with Crippen LogP contribution >= 0.6 is 0 Å². The molecule has 2 heterocycles. The molecule has 0 radical (unpaired) electrons. The van der Waals surface area contributed by atoms with Crippen molar-refractivity contribution in [2.45, 2.75) is 12.8 Å². The molecule has 4 rings (SSSR count). The van der Waals surface area contributed by atoms with E-state index >= 15 is 0 Å². The van der Waals surface area contributed by atoms with Crippen LogP contribution in [0.15, 0.2) is 36.5 Å². The molecule has 2 aromatic heterocycles. The Labute approximate surface area is 145 Å². The molecular formula is C19H20N4O2. The molecule has 1 aromatic carbocycles. The molecule has 0 aliphatic heterocycles. The van der Waals surface area contributed by atoms with Gasteiger partial charge in [-0.2, -0.15) is 5.10 Å². The summed E-state index contributed by atoms with van der Waals surface area (Å²) < 4.78 is 6.90. The van der Waals surface area contributed by atoms with Crippen molar-refractivity contribution in [1.82, 2.24) is 20.1 Å². The number of pyridine rings is 1. The summed E-state index contributed by atoms with van der Waals surface area (Å²) in [7, 11) is 3.47. The van der Waals surface area contributed by atoms with Crippen LogP contribution in [-0.2, 0) is 7.05 Å². The van der Waals surface area contributed by atoms with Gasteiger partial charge in [0, 0.05) is 19.2 Å². The van der Waals surface area contributed by atoms with Crippen molar-refractivity contribution in [3.05, 3.63) is 42.1 Å². The van der Waals surface area contributed by atoms with Crippen molar-refractivity contribution >= 4 is 16.9 Å². The molecule has 3 aromatic rings. The first-order chi connectivity index (χ1) is 12.2. The fourth-order valence-corrected chi connectivity index (χ4v) is 2.87. The smallest absolute Gasteiger partial charge is 0.252 e. The minimum atomic E-state index is -0.0675. The van der Waals surface area contributed by atoms with Gasteiger partial charge in [-0.1, -0.05) is 0 Å². The summed E-state index contributed by atoms with van der Waals surface area (Å²) in [5, 5.41) is 8.07. The number of aromatic nitrogens is 3. The number of nitrogens with one attached hydrogen (secondary N) is 1. The summed E-state index contributed by atoms with van der Waals surface area (Å²) in [5.41, 5.74) is 2.99. The van der Waals surface area contributed by atoms with Crippen LogP contribution in [0.5, 0.6) is 5.75 Å². The number of ether oxygens (including phenoxy) is 1. The minimum Gasteiger partial charge on any atom is -0.497 e. The van der Waals surface area contributed by atoms with E-state index < -0.39 is 0 Å². The van der Waals surface area contributed by atoms with Crippen LogP contribution in [0.3, 0.4) is 0 Å². The van der Waals surface area contributed by atoms with Crippen LogP contribution < -0.4 is 10.1 Å². The van der Waals surface area contributed by atoms with Gasteiger partial charge in [-0.15, -0.1) is 0 Å². The van der Waals surface area contributed by atoms with E-state index in [0.717, 1.165) is 28.9 Å². The highest BCUT2D eigenvalue weighted by Gasteiger charge is 2.23. The predicted octanol–water partition coefficient (Wildman–Crippen LogP) is 2.78. The number of methoxy groups -OCH3 is 1. The Kier molecular flexibility index (Phi) is 3.87. The van der Waals surface area contributed by atoms with Gasteiger partial charge >= 0.3 is 0 Å². The molecule has 1 saturated carbocycles. The second-order valence-electron chi connectivity index (χ2n) is 6.44. The van der Waals surface area contributed by atoms with Crippen LogP contribution in [0, 0.1) is 5.92 Å². The molecule has 1 aliphatic rings. The van der Waals surface area contributed by atoms with Crippen molar-refractivity contribution in [2.75, 3.05) is 13.7 Å². The number of hydrogen-bond acceptors (Lipinski definition) is 4. The summed E-state index contributed by atoms with van der Waals surface area (Å²) >= 11 is 0. The number of fused-ring (bicyclic) bond motifs is 1. The predicted molar refractivity (Wildman–Crippen MR) is 95.6 cm³/mol. The van der Waals surface area contributed by atoms with Gasteiger partial charge in [-0.05, 0) is 49.1 Å². The Hall–Kier alpha value is -2.89. The molecule has 0 atom stereocenters. The number of benzene rings is 1. The molecule has 6 heteroatoms. The second-order valence-corrected chi connectivity index (χ2v) is 6.44. The molecule has 0 unspecified atom stereocenters. The van der Waals surface area contributed by atoms with E-state index in [1.165, 1.54) is 12.8 Å². The quantitative estimate of drug-likeness (QED) is 0.778. The second kappa shape index (κ2) is 6.20. The molecule has 0 spiro atoms. The fourth-order valence-electron chi connectivity index (χ4n) is 2.87. The lowest BCUT2D eigenvalue weighted by Gasteiger charge is -2.09. The van der Waals surface area contributed by atoms with Gasteiger partial charge in [0.2, 0.25) is 0 Å². The summed E-state index contributed by atoms with van der Waals surface area (Å²) in [4.78, 5) is 17.4. The van der Waals surface area contributed by atoms with Crippen LogP contribution in [-0.4, -0.2) is 34.3 Å². The van der Waals surface area contributed by atoms with E-state index in [-0.39, 0.29) is 5.91 Å². The van der Waals surface area contributed by atoms with Gasteiger partial charge in [-0.3, -0.25) is 9.48 Å². The van der Waals surface area contributed by atoms with Crippen LogP contribution in [0.4, 0.5) is 0 Å². The average Bonchev–Trinajstić information content (AvgIpc) is 3.41. The van der Waals surface area contributed by atoms with Crippen molar-refractivity contribution in [1.29, 1.82) is 0 Å². The number of nitrogens with zero attached hydrogens (tertiary/aromatic N) is 3. The van der Waals surface area contributed by atoms with E-state index in [1.54, 1.807) is 18.0 Å². The highest BCUT2D eigenvalue weighted by molar-refractivity contribution is 6.06. The monoisotopic (exact) mass is 336 g/mol. The topological polar surface area (TPSA) is 69.0 Å². The lowest BCUT2D eigenvalue weighted by molar-refractivity contribution is 0.0953. The van der Waals surface area contributed by atoms with E-state index in [1.807, 2.05) is 37.4 Å². The van der Waals surface area contributed by atoms with Gasteiger partial charge in [0.1, 0.15) is 5.75 Å². The maximum atomic E-state index is 12.7. The molecule has 1 amide bonds. The first-order valence-electron chi connectivity index (χ1n) is 8.41. The zero-order valence-corrected chi connectivity index (χ0v) is 14.3. The molecule has 1 fully saturated rings. The lowest BCUT2D eigenvalue weighted by atomic mass is 10.1.